The third kappa shape index (κ3) is 5.58. The molecule has 2 heterocycles. The summed E-state index contributed by atoms with van der Waals surface area (Å²) in [4.78, 5) is 27.8. The molecular weight excluding hydrogens is 594 g/mol. The van der Waals surface area contributed by atoms with Crippen LogP contribution in [-0.2, 0) is 26.7 Å². The second-order valence-electron chi connectivity index (χ2n) is 12.2. The van der Waals surface area contributed by atoms with E-state index >= 15 is 0 Å². The minimum atomic E-state index is -4.33. The number of hydrogen-bond donors (Lipinski definition) is 3. The van der Waals surface area contributed by atoms with Crippen molar-refractivity contribution in [3.05, 3.63) is 64.7 Å². The number of sulfonamides is 1. The van der Waals surface area contributed by atoms with E-state index in [9.17, 15) is 28.2 Å². The topological polar surface area (TPSA) is 136 Å². The first-order valence-electron chi connectivity index (χ1n) is 14.7. The van der Waals surface area contributed by atoms with Gasteiger partial charge < -0.3 is 19.8 Å². The van der Waals surface area contributed by atoms with Gasteiger partial charge >= 0.3 is 6.09 Å². The van der Waals surface area contributed by atoms with Crippen LogP contribution in [0, 0.1) is 11.8 Å². The summed E-state index contributed by atoms with van der Waals surface area (Å²) < 4.78 is 35.4. The largest absolute Gasteiger partial charge is 0.490 e. The van der Waals surface area contributed by atoms with E-state index in [1.807, 2.05) is 12.1 Å². The van der Waals surface area contributed by atoms with Crippen LogP contribution in [0.5, 0.6) is 5.75 Å². The molecular formula is C31H36ClN3O7S. The fourth-order valence-corrected chi connectivity index (χ4v) is 8.35. The summed E-state index contributed by atoms with van der Waals surface area (Å²) in [6, 6.07) is 9.28. The standard InChI is InChI=1S/C31H36ClN3O7S/c1-19-29(37)33-43(40,41)23-8-11-28-26(15-23)34(16-21-6-9-24(21)27(36)5-3-13-35(19)30(38)39)17-31(18-42-28)12-2-4-20-14-22(32)7-10-25(20)31/h3,5,7-8,10-11,14-15,19,21,24,27,36H,2,4,6,9,12-13,16-18H2,1H3,(H,33,37)(H,38,39)/b5-3-/t19-,21+,24-,27+,31+/m1/s1. The monoisotopic (exact) mass is 629 g/mol. The summed E-state index contributed by atoms with van der Waals surface area (Å²) in [5.74, 6) is -0.345. The number of halogens is 1. The molecule has 2 aromatic carbocycles. The van der Waals surface area contributed by atoms with E-state index in [4.69, 9.17) is 16.3 Å². The molecule has 6 rings (SSSR count). The van der Waals surface area contributed by atoms with Crippen molar-refractivity contribution < 1.29 is 33.0 Å². The van der Waals surface area contributed by atoms with Crippen LogP contribution in [0.3, 0.4) is 0 Å². The number of carbonyl (C=O) groups is 2. The van der Waals surface area contributed by atoms with Crippen molar-refractivity contribution in [2.75, 3.05) is 31.1 Å². The van der Waals surface area contributed by atoms with Gasteiger partial charge in [0, 0.05) is 30.1 Å². The lowest BCUT2D eigenvalue weighted by molar-refractivity contribution is -0.123. The van der Waals surface area contributed by atoms with Gasteiger partial charge in [0.05, 0.1) is 23.3 Å². The number of hydrogen-bond acceptors (Lipinski definition) is 7. The highest BCUT2D eigenvalue weighted by molar-refractivity contribution is 7.90. The second-order valence-corrected chi connectivity index (χ2v) is 14.4. The molecule has 230 valence electrons. The average Bonchev–Trinajstić information content (AvgIpc) is 3.09. The summed E-state index contributed by atoms with van der Waals surface area (Å²) in [6.07, 6.45) is 5.44. The summed E-state index contributed by atoms with van der Waals surface area (Å²) >= 11 is 6.36. The van der Waals surface area contributed by atoms with Crippen molar-refractivity contribution in [1.82, 2.24) is 9.62 Å². The quantitative estimate of drug-likeness (QED) is 0.373. The number of aryl methyl sites for hydroxylation is 1. The summed E-state index contributed by atoms with van der Waals surface area (Å²) in [5.41, 5.74) is 2.64. The number of nitrogens with one attached hydrogen (secondary N) is 1. The molecule has 43 heavy (non-hydrogen) atoms. The van der Waals surface area contributed by atoms with Crippen molar-refractivity contribution in [2.45, 2.75) is 61.5 Å². The molecule has 2 aliphatic carbocycles. The van der Waals surface area contributed by atoms with E-state index in [1.165, 1.54) is 36.3 Å². The van der Waals surface area contributed by atoms with Gasteiger partial charge in [-0.25, -0.2) is 17.9 Å². The zero-order valence-corrected chi connectivity index (χ0v) is 25.5. The van der Waals surface area contributed by atoms with Crippen LogP contribution in [0.1, 0.15) is 43.7 Å². The average molecular weight is 630 g/mol. The minimum absolute atomic E-state index is 0.0453. The van der Waals surface area contributed by atoms with Gasteiger partial charge in [-0.05, 0) is 92.3 Å². The number of nitrogens with zero attached hydrogens (tertiary/aromatic N) is 2. The molecule has 2 bridgehead atoms. The van der Waals surface area contributed by atoms with Crippen LogP contribution in [0.15, 0.2) is 53.4 Å². The molecule has 0 radical (unpaired) electrons. The zero-order chi connectivity index (χ0) is 30.5. The third-order valence-electron chi connectivity index (χ3n) is 9.65. The normalized spacial score (nSPS) is 31.0. The molecule has 0 aromatic heterocycles. The first kappa shape index (κ1) is 29.8. The van der Waals surface area contributed by atoms with Gasteiger partial charge in [-0.3, -0.25) is 9.69 Å². The van der Waals surface area contributed by atoms with E-state index in [2.05, 4.69) is 15.7 Å². The van der Waals surface area contributed by atoms with Gasteiger partial charge in [0.2, 0.25) is 0 Å². The lowest BCUT2D eigenvalue weighted by Gasteiger charge is -2.45. The third-order valence-corrected chi connectivity index (χ3v) is 11.2. The summed E-state index contributed by atoms with van der Waals surface area (Å²) in [5, 5.41) is 21.5. The Labute approximate surface area is 256 Å². The van der Waals surface area contributed by atoms with Crippen molar-refractivity contribution >= 4 is 39.3 Å². The number of rotatable bonds is 0. The Hall–Kier alpha value is -3.28. The number of aliphatic hydroxyl groups excluding tert-OH is 1. The molecule has 1 spiro atoms. The first-order valence-corrected chi connectivity index (χ1v) is 16.6. The van der Waals surface area contributed by atoms with Gasteiger partial charge in [-0.1, -0.05) is 29.8 Å². The molecule has 0 saturated heterocycles. The van der Waals surface area contributed by atoms with Gasteiger partial charge in [-0.2, -0.15) is 0 Å². The predicted molar refractivity (Wildman–Crippen MR) is 161 cm³/mol. The van der Waals surface area contributed by atoms with Crippen molar-refractivity contribution in [3.63, 3.8) is 0 Å². The minimum Gasteiger partial charge on any atom is -0.490 e. The van der Waals surface area contributed by atoms with Gasteiger partial charge in [0.25, 0.3) is 15.9 Å². The Morgan fingerprint density at radius 1 is 1.19 bits per heavy atom. The highest BCUT2D eigenvalue weighted by Gasteiger charge is 2.44. The number of ether oxygens (including phenoxy) is 1. The van der Waals surface area contributed by atoms with E-state index < -0.39 is 34.2 Å². The van der Waals surface area contributed by atoms with Gasteiger partial charge in [-0.15, -0.1) is 0 Å². The van der Waals surface area contributed by atoms with Crippen molar-refractivity contribution in [3.8, 4) is 5.75 Å². The van der Waals surface area contributed by atoms with E-state index in [1.54, 1.807) is 12.1 Å². The van der Waals surface area contributed by atoms with E-state index in [0.717, 1.165) is 37.0 Å². The lowest BCUT2D eigenvalue weighted by atomic mass is 9.68. The molecule has 2 amide bonds. The Morgan fingerprint density at radius 2 is 2.00 bits per heavy atom. The molecule has 3 N–H and O–H groups in total. The predicted octanol–water partition coefficient (Wildman–Crippen LogP) is 3.94. The Bertz CT molecular complexity index is 1580. The Balaban J connectivity index is 1.43. The molecule has 1 fully saturated rings. The number of amides is 2. The molecule has 2 aliphatic heterocycles. The number of benzene rings is 2. The molecule has 4 aliphatic rings. The number of carbonyl (C=O) groups excluding carboxylic acids is 1. The Morgan fingerprint density at radius 3 is 2.74 bits per heavy atom. The van der Waals surface area contributed by atoms with Crippen molar-refractivity contribution in [1.29, 1.82) is 0 Å². The summed E-state index contributed by atoms with van der Waals surface area (Å²) in [7, 11) is -4.33. The first-order chi connectivity index (χ1) is 20.5. The Kier molecular flexibility index (Phi) is 7.85. The fourth-order valence-electron chi connectivity index (χ4n) is 7.09. The number of anilines is 1. The highest BCUT2D eigenvalue weighted by atomic mass is 35.5. The molecule has 0 unspecified atom stereocenters. The van der Waals surface area contributed by atoms with Crippen LogP contribution in [0.2, 0.25) is 5.02 Å². The molecule has 12 heteroatoms. The highest BCUT2D eigenvalue weighted by Crippen LogP contribution is 2.47. The van der Waals surface area contributed by atoms with Crippen LogP contribution in [0.25, 0.3) is 0 Å². The SMILES string of the molecule is C[C@@H]1C(=O)NS(=O)(=O)c2ccc3c(c2)N(C[C@@H]2CC[C@H]2[C@@H](O)/C=C\CN1C(=O)O)C[C@@]1(CCCc2cc(Cl)ccc21)CO3. The van der Waals surface area contributed by atoms with Gasteiger partial charge in [0.15, 0.2) is 0 Å². The molecule has 2 aromatic rings. The van der Waals surface area contributed by atoms with Crippen LogP contribution < -0.4 is 14.4 Å². The molecule has 5 atom stereocenters. The number of aliphatic hydroxyl groups is 1. The van der Waals surface area contributed by atoms with Crippen molar-refractivity contribution in [2.24, 2.45) is 11.8 Å². The maximum Gasteiger partial charge on any atom is 0.408 e. The van der Waals surface area contributed by atoms with Crippen LogP contribution in [-0.4, -0.2) is 73.9 Å². The second kappa shape index (κ2) is 11.3. The van der Waals surface area contributed by atoms with Gasteiger partial charge in [0.1, 0.15) is 11.8 Å². The van der Waals surface area contributed by atoms with E-state index in [-0.39, 0.29) is 28.7 Å². The number of fused-ring (bicyclic) bond motifs is 4. The number of carboxylic acid groups (broad SMARTS) is 1. The van der Waals surface area contributed by atoms with Crippen LogP contribution in [0.4, 0.5) is 10.5 Å². The van der Waals surface area contributed by atoms with E-state index in [0.29, 0.717) is 36.2 Å². The summed E-state index contributed by atoms with van der Waals surface area (Å²) in [6.45, 7) is 2.73. The zero-order valence-electron chi connectivity index (χ0n) is 23.9. The maximum atomic E-state index is 13.4. The van der Waals surface area contributed by atoms with Crippen LogP contribution >= 0.6 is 11.6 Å². The fraction of sp³-hybridized carbons (Fsp3) is 0.484. The molecule has 1 saturated carbocycles. The lowest BCUT2D eigenvalue weighted by Crippen LogP contribution is -2.50. The smallest absolute Gasteiger partial charge is 0.408 e. The molecule has 10 nitrogen and oxygen atoms in total. The maximum absolute atomic E-state index is 13.4.